The lowest BCUT2D eigenvalue weighted by atomic mass is 10.0. The number of halogens is 2. The van der Waals surface area contributed by atoms with E-state index in [2.05, 4.69) is 10.2 Å². The monoisotopic (exact) mass is 439 g/mol. The fourth-order valence-corrected chi connectivity index (χ4v) is 4.67. The molecule has 8 heteroatoms. The van der Waals surface area contributed by atoms with Gasteiger partial charge >= 0.3 is 0 Å². The number of carbonyl (C=O) groups excluding carboxylic acids is 1. The van der Waals surface area contributed by atoms with Crippen molar-refractivity contribution in [2.24, 2.45) is 0 Å². The molecule has 0 aliphatic carbocycles. The van der Waals surface area contributed by atoms with E-state index in [1.807, 2.05) is 0 Å². The molecule has 0 unspecified atom stereocenters. The molecule has 2 heterocycles. The van der Waals surface area contributed by atoms with E-state index in [0.717, 1.165) is 13.1 Å². The van der Waals surface area contributed by atoms with Gasteiger partial charge in [0.1, 0.15) is 5.82 Å². The second kappa shape index (κ2) is 8.84. The Morgan fingerprint density at radius 2 is 1.81 bits per heavy atom. The second-order valence-corrected chi connectivity index (χ2v) is 8.08. The topological polar surface area (TPSA) is 45.9 Å². The molecule has 1 N–H and O–H groups in total. The Hall–Kier alpha value is -3.28. The summed E-state index contributed by atoms with van der Waals surface area (Å²) in [5.41, 5.74) is 1.62. The lowest BCUT2D eigenvalue weighted by molar-refractivity contribution is 0.0740. The van der Waals surface area contributed by atoms with E-state index in [4.69, 9.17) is 11.3 Å². The largest absolute Gasteiger partial charge is 0.494 e. The van der Waals surface area contributed by atoms with Crippen LogP contribution in [0.3, 0.4) is 0 Å². The number of hydrogen-bond donors (Lipinski definition) is 1. The molecule has 0 saturated carbocycles. The average Bonchev–Trinajstić information content (AvgIpc) is 3.24. The highest BCUT2D eigenvalue weighted by atomic mass is 32.1. The van der Waals surface area contributed by atoms with Crippen LogP contribution in [0.25, 0.3) is 26.4 Å². The molecule has 0 radical (unpaired) electrons. The van der Waals surface area contributed by atoms with Crippen molar-refractivity contribution in [2.45, 2.75) is 0 Å². The minimum Gasteiger partial charge on any atom is -0.494 e. The van der Waals surface area contributed by atoms with E-state index < -0.39 is 11.6 Å². The Kier molecular flexibility index (Phi) is 5.98. The van der Waals surface area contributed by atoms with Gasteiger partial charge in [-0.25, -0.2) is 13.6 Å². The number of benzene rings is 2. The third-order valence-electron chi connectivity index (χ3n) is 5.14. The van der Waals surface area contributed by atoms with Gasteiger partial charge in [-0.2, -0.15) is 0 Å². The van der Waals surface area contributed by atoms with Gasteiger partial charge in [-0.3, -0.25) is 4.79 Å². The standard InChI is InChI=1S/C23H19F2N3O2S/c1-26-19-5-3-14(11-17(19)24)16-13-21(23(29)28-9-7-27-8-10-28)31-22(16)15-4-6-20(30-2)18(25)12-15/h3-6,11-13,27H,7-10H2,2H3. The van der Waals surface area contributed by atoms with Gasteiger partial charge in [0.15, 0.2) is 11.6 Å². The number of amides is 1. The predicted octanol–water partition coefficient (Wildman–Crippen LogP) is 4.97. The Balaban J connectivity index is 1.82. The zero-order valence-electron chi connectivity index (χ0n) is 16.7. The summed E-state index contributed by atoms with van der Waals surface area (Å²) in [5, 5.41) is 3.21. The molecule has 0 atom stereocenters. The highest BCUT2D eigenvalue weighted by Crippen LogP contribution is 2.41. The summed E-state index contributed by atoms with van der Waals surface area (Å²) in [6, 6.07) is 10.6. The number of ether oxygens (including phenoxy) is 1. The molecular weight excluding hydrogens is 420 g/mol. The Labute approximate surface area is 182 Å². The van der Waals surface area contributed by atoms with Crippen LogP contribution in [0, 0.1) is 18.2 Å². The second-order valence-electron chi connectivity index (χ2n) is 7.02. The van der Waals surface area contributed by atoms with Crippen molar-refractivity contribution in [1.29, 1.82) is 0 Å². The number of piperazine rings is 1. The van der Waals surface area contributed by atoms with Crippen LogP contribution in [0.2, 0.25) is 0 Å². The first-order chi connectivity index (χ1) is 15.0. The number of nitrogens with zero attached hydrogens (tertiary/aromatic N) is 2. The van der Waals surface area contributed by atoms with Gasteiger partial charge in [-0.05, 0) is 41.5 Å². The summed E-state index contributed by atoms with van der Waals surface area (Å²) in [6.45, 7) is 9.71. The van der Waals surface area contributed by atoms with Gasteiger partial charge in [0.25, 0.3) is 5.91 Å². The summed E-state index contributed by atoms with van der Waals surface area (Å²) in [5.74, 6) is -1.15. The molecule has 1 aliphatic heterocycles. The zero-order valence-corrected chi connectivity index (χ0v) is 17.6. The molecule has 0 spiro atoms. The third kappa shape index (κ3) is 4.15. The van der Waals surface area contributed by atoms with Crippen molar-refractivity contribution in [3.8, 4) is 27.3 Å². The fourth-order valence-electron chi connectivity index (χ4n) is 3.52. The predicted molar refractivity (Wildman–Crippen MR) is 117 cm³/mol. The van der Waals surface area contributed by atoms with E-state index in [1.165, 1.54) is 42.7 Å². The first kappa shape index (κ1) is 21.0. The van der Waals surface area contributed by atoms with Gasteiger partial charge in [0.05, 0.1) is 18.6 Å². The van der Waals surface area contributed by atoms with Crippen molar-refractivity contribution in [3.63, 3.8) is 0 Å². The van der Waals surface area contributed by atoms with Crippen molar-refractivity contribution in [2.75, 3.05) is 33.3 Å². The van der Waals surface area contributed by atoms with E-state index >= 15 is 0 Å². The summed E-state index contributed by atoms with van der Waals surface area (Å²) in [4.78, 5) is 19.1. The van der Waals surface area contributed by atoms with E-state index in [0.29, 0.717) is 39.5 Å². The SMILES string of the molecule is [C-]#[N+]c1ccc(-c2cc(C(=O)N3CCNCC3)sc2-c2ccc(OC)c(F)c2)cc1F. The molecule has 1 fully saturated rings. The quantitative estimate of drug-likeness (QED) is 0.584. The molecule has 3 aromatic rings. The van der Waals surface area contributed by atoms with E-state index in [1.54, 1.807) is 23.1 Å². The summed E-state index contributed by atoms with van der Waals surface area (Å²) in [7, 11) is 1.39. The van der Waals surface area contributed by atoms with Crippen molar-refractivity contribution in [3.05, 3.63) is 70.4 Å². The van der Waals surface area contributed by atoms with Gasteiger partial charge in [0.2, 0.25) is 5.69 Å². The van der Waals surface area contributed by atoms with Crippen molar-refractivity contribution < 1.29 is 18.3 Å². The molecule has 1 aromatic heterocycles. The Bertz CT molecular complexity index is 1180. The first-order valence-electron chi connectivity index (χ1n) is 9.67. The Morgan fingerprint density at radius 1 is 1.10 bits per heavy atom. The third-order valence-corrected chi connectivity index (χ3v) is 6.31. The minimum absolute atomic E-state index is 0.0758. The molecule has 4 rings (SSSR count). The number of methoxy groups -OCH3 is 1. The van der Waals surface area contributed by atoms with Crippen LogP contribution < -0.4 is 10.1 Å². The maximum atomic E-state index is 14.4. The summed E-state index contributed by atoms with van der Waals surface area (Å²) >= 11 is 1.25. The lowest BCUT2D eigenvalue weighted by Gasteiger charge is -2.26. The molecule has 31 heavy (non-hydrogen) atoms. The van der Waals surface area contributed by atoms with Crippen LogP contribution in [-0.4, -0.2) is 44.1 Å². The van der Waals surface area contributed by atoms with Crippen molar-refractivity contribution >= 4 is 22.9 Å². The van der Waals surface area contributed by atoms with Crippen LogP contribution in [-0.2, 0) is 0 Å². The average molecular weight is 439 g/mol. The maximum absolute atomic E-state index is 14.4. The molecule has 2 aromatic carbocycles. The highest BCUT2D eigenvalue weighted by molar-refractivity contribution is 7.18. The van der Waals surface area contributed by atoms with Gasteiger partial charge in [-0.1, -0.05) is 12.1 Å². The lowest BCUT2D eigenvalue weighted by Crippen LogP contribution is -2.46. The number of rotatable bonds is 4. The van der Waals surface area contributed by atoms with Crippen LogP contribution in [0.1, 0.15) is 9.67 Å². The van der Waals surface area contributed by atoms with Crippen molar-refractivity contribution in [1.82, 2.24) is 10.2 Å². The number of carbonyl (C=O) groups is 1. The summed E-state index contributed by atoms with van der Waals surface area (Å²) in [6.07, 6.45) is 0. The molecule has 1 aliphatic rings. The Morgan fingerprint density at radius 3 is 2.45 bits per heavy atom. The maximum Gasteiger partial charge on any atom is 0.264 e. The summed E-state index contributed by atoms with van der Waals surface area (Å²) < 4.78 is 33.7. The van der Waals surface area contributed by atoms with Gasteiger partial charge < -0.3 is 15.0 Å². The molecule has 1 amide bonds. The van der Waals surface area contributed by atoms with Crippen LogP contribution in [0.4, 0.5) is 14.5 Å². The van der Waals surface area contributed by atoms with E-state index in [9.17, 15) is 13.6 Å². The number of nitrogens with one attached hydrogen (secondary N) is 1. The number of hydrogen-bond acceptors (Lipinski definition) is 4. The molecular formula is C23H19F2N3O2S. The van der Waals surface area contributed by atoms with E-state index in [-0.39, 0.29) is 17.3 Å². The normalized spacial score (nSPS) is 13.7. The van der Waals surface area contributed by atoms with Crippen LogP contribution in [0.15, 0.2) is 42.5 Å². The fraction of sp³-hybridized carbons (Fsp3) is 0.217. The molecule has 158 valence electrons. The zero-order chi connectivity index (χ0) is 22.0. The number of thiophene rings is 1. The molecule has 5 nitrogen and oxygen atoms in total. The first-order valence-corrected chi connectivity index (χ1v) is 10.5. The molecule has 0 bridgehead atoms. The minimum atomic E-state index is -0.638. The highest BCUT2D eigenvalue weighted by Gasteiger charge is 2.23. The van der Waals surface area contributed by atoms with Crippen LogP contribution in [0.5, 0.6) is 5.75 Å². The van der Waals surface area contributed by atoms with Gasteiger partial charge in [-0.15, -0.1) is 11.3 Å². The van der Waals surface area contributed by atoms with Gasteiger partial charge in [0, 0.05) is 36.6 Å². The smallest absolute Gasteiger partial charge is 0.264 e. The molecule has 1 saturated heterocycles. The van der Waals surface area contributed by atoms with Crippen LogP contribution >= 0.6 is 11.3 Å².